The van der Waals surface area contributed by atoms with Crippen LogP contribution in [0.1, 0.15) is 159 Å². The van der Waals surface area contributed by atoms with Crippen LogP contribution in [0.25, 0.3) is 0 Å². The monoisotopic (exact) mass is 1090 g/mol. The summed E-state index contributed by atoms with van der Waals surface area (Å²) in [6.07, 6.45) is 18.0. The fourth-order valence-electron chi connectivity index (χ4n) is 9.88. The number of nitrogens with zero attached hydrogens (tertiary/aromatic N) is 1. The van der Waals surface area contributed by atoms with Crippen molar-refractivity contribution in [3.05, 3.63) is 35.4 Å². The van der Waals surface area contributed by atoms with Gasteiger partial charge in [0.05, 0.1) is 70.2 Å². The van der Waals surface area contributed by atoms with Crippen molar-refractivity contribution >= 4 is 59.3 Å². The fourth-order valence-corrected chi connectivity index (χ4v) is 13.0. The summed E-state index contributed by atoms with van der Waals surface area (Å²) in [5.41, 5.74) is 1.28. The number of hydrogen-bond donors (Lipinski definition) is 7. The molecule has 7 N–H and O–H groups in total. The fraction of sp³-hybridized carbons (Fsp3) is 0.782. The van der Waals surface area contributed by atoms with Gasteiger partial charge in [0, 0.05) is 66.6 Å². The minimum atomic E-state index is -0.504. The van der Waals surface area contributed by atoms with Crippen LogP contribution in [0.15, 0.2) is 24.3 Å². The van der Waals surface area contributed by atoms with Gasteiger partial charge < -0.3 is 56.2 Å². The molecule has 0 spiro atoms. The van der Waals surface area contributed by atoms with E-state index in [2.05, 4.69) is 54.3 Å². The average Bonchev–Trinajstić information content (AvgIpc) is 4.14. The number of amides is 7. The van der Waals surface area contributed by atoms with E-state index in [0.717, 1.165) is 147 Å². The summed E-state index contributed by atoms with van der Waals surface area (Å²) in [5.74, 6) is 1.76. The highest BCUT2D eigenvalue weighted by Gasteiger charge is 2.43. The molecule has 0 radical (unpaired) electrons. The highest BCUT2D eigenvalue weighted by atomic mass is 32.2. The summed E-state index contributed by atoms with van der Waals surface area (Å²) in [7, 11) is 0. The van der Waals surface area contributed by atoms with Gasteiger partial charge in [-0.3, -0.25) is 24.1 Å². The molecule has 1 aromatic carbocycles. The third kappa shape index (κ3) is 25.9. The van der Waals surface area contributed by atoms with Gasteiger partial charge in [0.15, 0.2) is 0 Å². The van der Waals surface area contributed by atoms with Crippen LogP contribution in [0.2, 0.25) is 0 Å². The summed E-state index contributed by atoms with van der Waals surface area (Å²) >= 11 is 3.84. The smallest absolute Gasteiger partial charge is 0.315 e. The van der Waals surface area contributed by atoms with E-state index in [9.17, 15) is 28.8 Å². The first-order valence-electron chi connectivity index (χ1n) is 28.3. The SMILES string of the molecule is CC(C)(C)OC(=O)CCOCCOCCOCCNC(=O)c1ccc(CN(CCCCCCCNC(=O)CCCC[C@@H]2SC[C@@H]3NC(=O)N[C@@H]32)CCCCCCCNC(=O)CCCC[C@@H]2SC[C@@H]3NC(=O)N[C@@H]32)cc1. The van der Waals surface area contributed by atoms with E-state index in [1.165, 1.54) is 5.56 Å². The Kier molecular flexibility index (Phi) is 29.4. The second kappa shape index (κ2) is 35.6. The summed E-state index contributed by atoms with van der Waals surface area (Å²) in [4.78, 5) is 75.4. The van der Waals surface area contributed by atoms with E-state index in [-0.39, 0.29) is 72.9 Å². The lowest BCUT2D eigenvalue weighted by Gasteiger charge is -2.23. The number of carbonyl (C=O) groups excluding carboxylic acids is 6. The van der Waals surface area contributed by atoms with Gasteiger partial charge in [0.1, 0.15) is 5.60 Å². The molecule has 0 aromatic heterocycles. The molecule has 0 unspecified atom stereocenters. The molecule has 4 aliphatic rings. The standard InChI is InChI=1S/C55H92N8O10S2/c1-55(2,3)73-49(66)26-32-70-34-36-72-37-35-71-33-29-58-52(67)42-24-22-41(23-25-42)38-63(30-16-8-4-6-14-27-56-47(64)20-12-10-18-45-50-43(39-74-45)59-53(68)61-50)31-17-9-5-7-15-28-57-48(65)21-13-11-19-46-51-44(40-75-46)60-54(69)62-51/h22-25,43-46,50-51H,4-21,26-40H2,1-3H3,(H,56,64)(H,57,65)(H,58,67)(H2,59,61,68)(H2,60,62,69)/t43-,44-,45-,46-,50-,51-/m0/s1. The maximum atomic E-state index is 12.9. The lowest BCUT2D eigenvalue weighted by molar-refractivity contribution is -0.156. The molecule has 424 valence electrons. The Morgan fingerprint density at radius 1 is 0.560 bits per heavy atom. The molecule has 7 amide bonds. The number of esters is 1. The van der Waals surface area contributed by atoms with E-state index >= 15 is 0 Å². The maximum Gasteiger partial charge on any atom is 0.315 e. The van der Waals surface area contributed by atoms with Crippen LogP contribution in [0.5, 0.6) is 0 Å². The average molecular weight is 1090 g/mol. The van der Waals surface area contributed by atoms with Gasteiger partial charge in [0.2, 0.25) is 11.8 Å². The van der Waals surface area contributed by atoms with Crippen LogP contribution >= 0.6 is 23.5 Å². The molecule has 6 atom stereocenters. The van der Waals surface area contributed by atoms with Gasteiger partial charge in [-0.1, -0.05) is 63.5 Å². The molecule has 20 heteroatoms. The van der Waals surface area contributed by atoms with E-state index < -0.39 is 5.60 Å². The maximum absolute atomic E-state index is 12.9. The van der Waals surface area contributed by atoms with Gasteiger partial charge >= 0.3 is 18.0 Å². The number of nitrogens with one attached hydrogen (secondary N) is 7. The van der Waals surface area contributed by atoms with Crippen molar-refractivity contribution in [2.75, 3.05) is 83.9 Å². The second-order valence-corrected chi connectivity index (χ2v) is 23.9. The predicted octanol–water partition coefficient (Wildman–Crippen LogP) is 6.59. The Hall–Kier alpha value is -3.82. The Labute approximate surface area is 456 Å². The normalized spacial score (nSPS) is 20.7. The molecule has 0 saturated carbocycles. The number of carbonyl (C=O) groups is 6. The van der Waals surface area contributed by atoms with Crippen molar-refractivity contribution < 1.29 is 47.7 Å². The van der Waals surface area contributed by atoms with Gasteiger partial charge in [-0.05, 0) is 103 Å². The predicted molar refractivity (Wildman–Crippen MR) is 297 cm³/mol. The number of ether oxygens (including phenoxy) is 4. The van der Waals surface area contributed by atoms with Crippen LogP contribution in [0, 0.1) is 0 Å². The highest BCUT2D eigenvalue weighted by molar-refractivity contribution is 8.00. The molecule has 75 heavy (non-hydrogen) atoms. The first-order chi connectivity index (χ1) is 36.3. The first kappa shape index (κ1) is 62.0. The number of hydrogen-bond acceptors (Lipinski definition) is 13. The number of thioether (sulfide) groups is 2. The van der Waals surface area contributed by atoms with Crippen LogP contribution < -0.4 is 37.2 Å². The largest absolute Gasteiger partial charge is 0.460 e. The molecule has 18 nitrogen and oxygen atoms in total. The highest BCUT2D eigenvalue weighted by Crippen LogP contribution is 2.34. The quantitative estimate of drug-likeness (QED) is 0.0209. The van der Waals surface area contributed by atoms with Crippen molar-refractivity contribution in [1.29, 1.82) is 0 Å². The molecule has 1 aromatic rings. The van der Waals surface area contributed by atoms with Crippen LogP contribution in [0.4, 0.5) is 9.59 Å². The van der Waals surface area contributed by atoms with E-state index in [1.807, 2.05) is 56.4 Å². The topological polar surface area (TPSA) is 227 Å². The molecule has 4 fully saturated rings. The molecular formula is C55H92N8O10S2. The second-order valence-electron chi connectivity index (χ2n) is 21.4. The van der Waals surface area contributed by atoms with E-state index in [1.54, 1.807) is 0 Å². The summed E-state index contributed by atoms with van der Waals surface area (Å²) in [5, 5.41) is 22.1. The molecular weight excluding hydrogens is 997 g/mol. The Balaban J connectivity index is 0.900. The van der Waals surface area contributed by atoms with Crippen molar-refractivity contribution in [1.82, 2.24) is 42.1 Å². The third-order valence-corrected chi connectivity index (χ3v) is 16.9. The zero-order valence-corrected chi connectivity index (χ0v) is 47.1. The summed E-state index contributed by atoms with van der Waals surface area (Å²) in [6, 6.07) is 8.69. The summed E-state index contributed by atoms with van der Waals surface area (Å²) in [6.45, 7) is 12.4. The first-order valence-corrected chi connectivity index (χ1v) is 30.4. The number of rotatable bonds is 41. The Morgan fingerprint density at radius 2 is 1.04 bits per heavy atom. The molecule has 4 saturated heterocycles. The Morgan fingerprint density at radius 3 is 1.56 bits per heavy atom. The molecule has 0 bridgehead atoms. The zero-order valence-electron chi connectivity index (χ0n) is 45.5. The number of unbranched alkanes of at least 4 members (excludes halogenated alkanes) is 10. The molecule has 0 aliphatic carbocycles. The zero-order chi connectivity index (χ0) is 53.5. The summed E-state index contributed by atoms with van der Waals surface area (Å²) < 4.78 is 21.8. The van der Waals surface area contributed by atoms with E-state index in [4.69, 9.17) is 18.9 Å². The van der Waals surface area contributed by atoms with Crippen molar-refractivity contribution in [3.63, 3.8) is 0 Å². The molecule has 5 rings (SSSR count). The van der Waals surface area contributed by atoms with Crippen LogP contribution in [0.3, 0.4) is 0 Å². The van der Waals surface area contributed by atoms with Gasteiger partial charge in [-0.25, -0.2) is 9.59 Å². The lowest BCUT2D eigenvalue weighted by Crippen LogP contribution is -2.36. The number of benzene rings is 1. The van der Waals surface area contributed by atoms with E-state index in [0.29, 0.717) is 68.5 Å². The number of urea groups is 2. The van der Waals surface area contributed by atoms with Crippen molar-refractivity contribution in [3.8, 4) is 0 Å². The van der Waals surface area contributed by atoms with Crippen molar-refractivity contribution in [2.45, 2.75) is 190 Å². The van der Waals surface area contributed by atoms with Crippen molar-refractivity contribution in [2.24, 2.45) is 0 Å². The van der Waals surface area contributed by atoms with Gasteiger partial charge in [-0.2, -0.15) is 23.5 Å². The van der Waals surface area contributed by atoms with Gasteiger partial charge in [0.25, 0.3) is 5.91 Å². The third-order valence-electron chi connectivity index (χ3n) is 13.9. The van der Waals surface area contributed by atoms with Crippen LogP contribution in [-0.4, -0.2) is 165 Å². The molecule has 4 heterocycles. The lowest BCUT2D eigenvalue weighted by atomic mass is 10.0. The van der Waals surface area contributed by atoms with Gasteiger partial charge in [-0.15, -0.1) is 0 Å². The number of fused-ring (bicyclic) bond motifs is 2. The minimum absolute atomic E-state index is 0.0551. The minimum Gasteiger partial charge on any atom is -0.460 e. The van der Waals surface area contributed by atoms with Crippen LogP contribution in [-0.2, 0) is 39.9 Å². The molecule has 4 aliphatic heterocycles. The Bertz CT molecular complexity index is 1790.